The fourth-order valence-electron chi connectivity index (χ4n) is 5.07. The van der Waals surface area contributed by atoms with Gasteiger partial charge in [-0.05, 0) is 72.2 Å². The van der Waals surface area contributed by atoms with Crippen molar-refractivity contribution in [2.75, 3.05) is 10.6 Å². The SMILES string of the molecule is CC(C)C(C(=O)O)N1Cc2ccc(-c3ccc(NC(=O)Nc4ccc5c(c4)CCC5)cn3)cc2C1=O. The minimum Gasteiger partial charge on any atom is -0.480 e. The third-order valence-electron chi connectivity index (χ3n) is 6.84. The number of aliphatic carboxylic acids is 1. The van der Waals surface area contributed by atoms with Crippen LogP contribution < -0.4 is 10.6 Å². The maximum atomic E-state index is 13.0. The Morgan fingerprint density at radius 1 is 0.944 bits per heavy atom. The Morgan fingerprint density at radius 2 is 1.67 bits per heavy atom. The van der Waals surface area contributed by atoms with Crippen molar-refractivity contribution in [2.45, 2.75) is 45.7 Å². The van der Waals surface area contributed by atoms with Gasteiger partial charge in [0.1, 0.15) is 6.04 Å². The van der Waals surface area contributed by atoms with Crippen molar-refractivity contribution >= 4 is 29.3 Å². The van der Waals surface area contributed by atoms with Crippen LogP contribution in [0.1, 0.15) is 47.3 Å². The normalized spacial score (nSPS) is 15.0. The Morgan fingerprint density at radius 3 is 2.39 bits per heavy atom. The standard InChI is InChI=1S/C28H28N4O4/c1-16(2)25(27(34)35)32-15-20-7-6-19(13-23(20)26(32)33)24-11-10-22(14-29-24)31-28(36)30-21-9-8-17-4-3-5-18(17)12-21/h6-14,16,25H,3-5,15H2,1-2H3,(H,34,35)(H2,30,31,36). The number of carboxylic acid groups (broad SMARTS) is 1. The average Bonchev–Trinajstić information content (AvgIpc) is 3.43. The van der Waals surface area contributed by atoms with Gasteiger partial charge < -0.3 is 20.6 Å². The van der Waals surface area contributed by atoms with E-state index in [4.69, 9.17) is 0 Å². The molecule has 2 aliphatic rings. The number of carboxylic acids is 1. The summed E-state index contributed by atoms with van der Waals surface area (Å²) in [6.07, 6.45) is 4.86. The molecule has 1 aliphatic carbocycles. The van der Waals surface area contributed by atoms with Crippen LogP contribution >= 0.6 is 0 Å². The number of fused-ring (bicyclic) bond motifs is 2. The van der Waals surface area contributed by atoms with Gasteiger partial charge in [0.05, 0.1) is 17.6 Å². The van der Waals surface area contributed by atoms with E-state index in [0.717, 1.165) is 36.1 Å². The summed E-state index contributed by atoms with van der Waals surface area (Å²) in [5.41, 5.74) is 6.64. The molecule has 1 unspecified atom stereocenters. The molecule has 2 heterocycles. The van der Waals surface area contributed by atoms with Crippen LogP contribution in [0, 0.1) is 5.92 Å². The van der Waals surface area contributed by atoms with Crippen LogP contribution in [-0.4, -0.2) is 38.9 Å². The van der Waals surface area contributed by atoms with E-state index in [0.29, 0.717) is 16.9 Å². The number of anilines is 2. The van der Waals surface area contributed by atoms with E-state index in [1.165, 1.54) is 16.0 Å². The Bertz CT molecular complexity index is 1350. The average molecular weight is 485 g/mol. The van der Waals surface area contributed by atoms with Gasteiger partial charge in [0.25, 0.3) is 5.91 Å². The molecule has 0 saturated carbocycles. The Hall–Kier alpha value is -4.20. The summed E-state index contributed by atoms with van der Waals surface area (Å²) in [6, 6.07) is 13.8. The smallest absolute Gasteiger partial charge is 0.326 e. The van der Waals surface area contributed by atoms with Crippen LogP contribution in [0.5, 0.6) is 0 Å². The first kappa shape index (κ1) is 23.5. The summed E-state index contributed by atoms with van der Waals surface area (Å²) < 4.78 is 0. The van der Waals surface area contributed by atoms with Crippen LogP contribution in [0.3, 0.4) is 0 Å². The monoisotopic (exact) mass is 484 g/mol. The van der Waals surface area contributed by atoms with Crippen LogP contribution in [-0.2, 0) is 24.2 Å². The molecule has 1 aliphatic heterocycles. The molecule has 0 radical (unpaired) electrons. The molecule has 1 aromatic heterocycles. The number of carbonyl (C=O) groups excluding carboxylic acids is 2. The summed E-state index contributed by atoms with van der Waals surface area (Å²) in [4.78, 5) is 43.1. The quantitative estimate of drug-likeness (QED) is 0.459. The van der Waals surface area contributed by atoms with Crippen molar-refractivity contribution in [2.24, 2.45) is 5.92 Å². The fraction of sp³-hybridized carbons (Fsp3) is 0.286. The second-order valence-electron chi connectivity index (χ2n) is 9.68. The molecule has 0 bridgehead atoms. The van der Waals surface area contributed by atoms with Gasteiger partial charge in [0.15, 0.2) is 0 Å². The lowest BCUT2D eigenvalue weighted by Crippen LogP contribution is -2.44. The molecule has 2 aromatic carbocycles. The third-order valence-corrected chi connectivity index (χ3v) is 6.84. The lowest BCUT2D eigenvalue weighted by atomic mass is 10.0. The number of benzene rings is 2. The zero-order valence-electron chi connectivity index (χ0n) is 20.2. The van der Waals surface area contributed by atoms with Crippen molar-refractivity contribution in [3.63, 3.8) is 0 Å². The highest BCUT2D eigenvalue weighted by Crippen LogP contribution is 2.31. The van der Waals surface area contributed by atoms with Gasteiger partial charge in [0.2, 0.25) is 0 Å². The molecule has 36 heavy (non-hydrogen) atoms. The Labute approximate surface area is 209 Å². The van der Waals surface area contributed by atoms with Crippen LogP contribution in [0.15, 0.2) is 54.7 Å². The predicted octanol–water partition coefficient (Wildman–Crippen LogP) is 4.95. The van der Waals surface area contributed by atoms with Crippen molar-refractivity contribution in [3.05, 3.63) is 77.0 Å². The Balaban J connectivity index is 1.26. The molecule has 3 aromatic rings. The molecule has 0 spiro atoms. The number of nitrogens with zero attached hydrogens (tertiary/aromatic N) is 2. The topological polar surface area (TPSA) is 112 Å². The highest BCUT2D eigenvalue weighted by molar-refractivity contribution is 6.02. The van der Waals surface area contributed by atoms with Gasteiger partial charge in [-0.2, -0.15) is 0 Å². The van der Waals surface area contributed by atoms with E-state index < -0.39 is 12.0 Å². The molecule has 8 heteroatoms. The van der Waals surface area contributed by atoms with E-state index in [9.17, 15) is 19.5 Å². The van der Waals surface area contributed by atoms with E-state index in [2.05, 4.69) is 21.7 Å². The number of carbonyl (C=O) groups is 3. The number of hydrogen-bond donors (Lipinski definition) is 3. The van der Waals surface area contributed by atoms with Crippen molar-refractivity contribution in [3.8, 4) is 11.3 Å². The van der Waals surface area contributed by atoms with Crippen LogP contribution in [0.25, 0.3) is 11.3 Å². The fourth-order valence-corrected chi connectivity index (χ4v) is 5.07. The van der Waals surface area contributed by atoms with Crippen LogP contribution in [0.4, 0.5) is 16.2 Å². The molecule has 5 rings (SSSR count). The molecule has 3 N–H and O–H groups in total. The molecular weight excluding hydrogens is 456 g/mol. The van der Waals surface area contributed by atoms with Gasteiger partial charge in [-0.25, -0.2) is 9.59 Å². The Kier molecular flexibility index (Phi) is 6.18. The molecule has 0 fully saturated rings. The number of pyridine rings is 1. The number of urea groups is 1. The molecule has 184 valence electrons. The first-order valence-corrected chi connectivity index (χ1v) is 12.1. The lowest BCUT2D eigenvalue weighted by Gasteiger charge is -2.27. The first-order chi connectivity index (χ1) is 17.3. The second-order valence-corrected chi connectivity index (χ2v) is 9.68. The summed E-state index contributed by atoms with van der Waals surface area (Å²) in [5, 5.41) is 15.3. The first-order valence-electron chi connectivity index (χ1n) is 12.1. The van der Waals surface area contributed by atoms with Gasteiger partial charge >= 0.3 is 12.0 Å². The molecule has 1 atom stereocenters. The van der Waals surface area contributed by atoms with Crippen molar-refractivity contribution in [1.29, 1.82) is 0 Å². The zero-order chi connectivity index (χ0) is 25.4. The minimum atomic E-state index is -1.00. The molecule has 3 amide bonds. The van der Waals surface area contributed by atoms with E-state index >= 15 is 0 Å². The number of rotatable bonds is 6. The summed E-state index contributed by atoms with van der Waals surface area (Å²) in [5.74, 6) is -1.49. The highest BCUT2D eigenvalue weighted by atomic mass is 16.4. The van der Waals surface area contributed by atoms with Gasteiger partial charge in [-0.15, -0.1) is 0 Å². The van der Waals surface area contributed by atoms with E-state index in [1.807, 2.05) is 24.3 Å². The number of amides is 3. The van der Waals surface area contributed by atoms with Crippen molar-refractivity contribution in [1.82, 2.24) is 9.88 Å². The molecule has 8 nitrogen and oxygen atoms in total. The van der Waals surface area contributed by atoms with E-state index in [-0.39, 0.29) is 24.4 Å². The highest BCUT2D eigenvalue weighted by Gasteiger charge is 2.38. The summed E-state index contributed by atoms with van der Waals surface area (Å²) in [6.45, 7) is 3.87. The van der Waals surface area contributed by atoms with Gasteiger partial charge in [-0.3, -0.25) is 9.78 Å². The van der Waals surface area contributed by atoms with E-state index in [1.54, 1.807) is 38.2 Å². The second kappa shape index (κ2) is 9.45. The van der Waals surface area contributed by atoms with Crippen LogP contribution in [0.2, 0.25) is 0 Å². The molecular formula is C28H28N4O4. The number of nitrogens with one attached hydrogen (secondary N) is 2. The number of aryl methyl sites for hydroxylation is 2. The number of hydrogen-bond acceptors (Lipinski definition) is 4. The largest absolute Gasteiger partial charge is 0.480 e. The lowest BCUT2D eigenvalue weighted by molar-refractivity contribution is -0.144. The van der Waals surface area contributed by atoms with Gasteiger partial charge in [-0.1, -0.05) is 32.0 Å². The number of aromatic nitrogens is 1. The maximum Gasteiger partial charge on any atom is 0.326 e. The summed E-state index contributed by atoms with van der Waals surface area (Å²) in [7, 11) is 0. The predicted molar refractivity (Wildman–Crippen MR) is 137 cm³/mol. The minimum absolute atomic E-state index is 0.207. The van der Waals surface area contributed by atoms with Gasteiger partial charge in [0, 0.05) is 23.4 Å². The maximum absolute atomic E-state index is 13.0. The van der Waals surface area contributed by atoms with Crippen molar-refractivity contribution < 1.29 is 19.5 Å². The zero-order valence-corrected chi connectivity index (χ0v) is 20.2. The molecule has 0 saturated heterocycles. The summed E-state index contributed by atoms with van der Waals surface area (Å²) >= 11 is 0. The third kappa shape index (κ3) is 4.54.